The second-order valence-electron chi connectivity index (χ2n) is 17.5. The third-order valence-electron chi connectivity index (χ3n) is 13.9. The molecule has 0 saturated heterocycles. The summed E-state index contributed by atoms with van der Waals surface area (Å²) in [6.07, 6.45) is 4.34. The number of nitrogens with zero attached hydrogens (tertiary/aromatic N) is 4. The Balaban J connectivity index is 0.919. The van der Waals surface area contributed by atoms with Gasteiger partial charge in [0.05, 0.1) is 45.5 Å². The summed E-state index contributed by atoms with van der Waals surface area (Å²) in [5.41, 5.74) is 19.4. The molecular weight excluding hydrogens is 795 g/mol. The maximum atomic E-state index is 7.25. The van der Waals surface area contributed by atoms with Crippen LogP contribution in [0, 0.1) is 0 Å². The predicted molar refractivity (Wildman–Crippen MR) is 267 cm³/mol. The van der Waals surface area contributed by atoms with Crippen molar-refractivity contribution in [3.63, 3.8) is 0 Å². The molecule has 0 saturated carbocycles. The van der Waals surface area contributed by atoms with Crippen LogP contribution in [0.3, 0.4) is 0 Å². The van der Waals surface area contributed by atoms with Crippen LogP contribution in [0.4, 0.5) is 68.2 Å². The van der Waals surface area contributed by atoms with E-state index in [0.717, 1.165) is 133 Å². The van der Waals surface area contributed by atoms with Gasteiger partial charge in [0.2, 0.25) is 0 Å². The van der Waals surface area contributed by atoms with E-state index in [2.05, 4.69) is 220 Å². The van der Waals surface area contributed by atoms with Crippen LogP contribution >= 0.6 is 0 Å². The zero-order chi connectivity index (χ0) is 42.6. The lowest BCUT2D eigenvalue weighted by Crippen LogP contribution is -2.57. The van der Waals surface area contributed by atoms with Gasteiger partial charge in [-0.05, 0) is 139 Å². The molecule has 0 radical (unpaired) electrons. The molecule has 0 unspecified atom stereocenters. The maximum absolute atomic E-state index is 7.25. The molecule has 65 heavy (non-hydrogen) atoms. The molecule has 0 N–H and O–H groups in total. The van der Waals surface area contributed by atoms with E-state index in [4.69, 9.17) is 9.47 Å². The molecule has 9 aromatic rings. The van der Waals surface area contributed by atoms with E-state index in [-0.39, 0.29) is 6.71 Å². The van der Waals surface area contributed by atoms with E-state index in [1.54, 1.807) is 0 Å². The quantitative estimate of drug-likeness (QED) is 0.164. The third-order valence-corrected chi connectivity index (χ3v) is 13.9. The molecule has 4 aliphatic heterocycles. The third kappa shape index (κ3) is 5.42. The van der Waals surface area contributed by atoms with Crippen LogP contribution in [0.5, 0.6) is 23.0 Å². The van der Waals surface area contributed by atoms with E-state index in [0.29, 0.717) is 0 Å². The number of hydrogen-bond acceptors (Lipinski definition) is 6. The van der Waals surface area contributed by atoms with Gasteiger partial charge >= 0.3 is 0 Å². The van der Waals surface area contributed by atoms with Crippen molar-refractivity contribution in [2.24, 2.45) is 0 Å². The highest BCUT2D eigenvalue weighted by molar-refractivity contribution is 6.98. The summed E-state index contributed by atoms with van der Waals surface area (Å²) >= 11 is 0. The lowest BCUT2D eigenvalue weighted by Gasteiger charge is -2.41. The lowest BCUT2D eigenvalue weighted by atomic mass is 9.34. The van der Waals surface area contributed by atoms with Crippen molar-refractivity contribution < 1.29 is 9.47 Å². The molecule has 14 rings (SSSR count). The first-order chi connectivity index (χ1) is 32.3. The largest absolute Gasteiger partial charge is 0.458 e. The smallest absolute Gasteiger partial charge is 0.260 e. The van der Waals surface area contributed by atoms with Crippen LogP contribution < -0.4 is 45.5 Å². The van der Waals surface area contributed by atoms with Crippen molar-refractivity contribution in [2.75, 3.05) is 19.6 Å². The van der Waals surface area contributed by atoms with Gasteiger partial charge in [-0.25, -0.2) is 0 Å². The fraction of sp³-hybridized carbons (Fsp3) is 0.0690. The summed E-state index contributed by atoms with van der Waals surface area (Å²) in [7, 11) is 0. The number of aryl methyl sites for hydroxylation is 1. The summed E-state index contributed by atoms with van der Waals surface area (Å²) in [4.78, 5) is 9.52. The van der Waals surface area contributed by atoms with Crippen molar-refractivity contribution in [3.8, 4) is 23.0 Å². The van der Waals surface area contributed by atoms with Gasteiger partial charge in [0.1, 0.15) is 23.0 Å². The normalized spacial score (nSPS) is 14.6. The highest BCUT2D eigenvalue weighted by atomic mass is 16.5. The molecule has 5 aliphatic rings. The van der Waals surface area contributed by atoms with Gasteiger partial charge in [-0.1, -0.05) is 97.1 Å². The van der Waals surface area contributed by atoms with E-state index in [9.17, 15) is 0 Å². The molecule has 0 aromatic heterocycles. The average Bonchev–Trinajstić information content (AvgIpc) is 3.37. The molecule has 0 atom stereocenters. The first-order valence-electron chi connectivity index (χ1n) is 22.8. The summed E-state index contributed by atoms with van der Waals surface area (Å²) in [5.74, 6) is 3.65. The molecule has 7 heteroatoms. The topological polar surface area (TPSA) is 31.4 Å². The minimum absolute atomic E-state index is 0.0631. The minimum Gasteiger partial charge on any atom is -0.458 e. The Morgan fingerprint density at radius 2 is 0.723 bits per heavy atom. The van der Waals surface area contributed by atoms with Crippen LogP contribution in [-0.4, -0.2) is 6.71 Å². The Morgan fingerprint density at radius 3 is 1.17 bits per heavy atom. The van der Waals surface area contributed by atoms with Gasteiger partial charge in [-0.15, -0.1) is 0 Å². The molecule has 4 heterocycles. The fourth-order valence-corrected chi connectivity index (χ4v) is 11.2. The summed E-state index contributed by atoms with van der Waals surface area (Å²) in [5, 5.41) is 0. The first-order valence-corrected chi connectivity index (χ1v) is 22.8. The van der Waals surface area contributed by atoms with Gasteiger partial charge in [0, 0.05) is 40.3 Å². The first kappa shape index (κ1) is 36.3. The minimum atomic E-state index is -0.0631. The standard InChI is InChI=1S/C58H41BN4O2/c1-3-18-39(19-4-1)60-46-23-9-13-27-50(46)62(51-28-14-10-24-47(51)60)41-31-33-44-54(36-41)64-56-35-38-17-7-8-22-43(38)58-57(56)59(44)45-34-32-42(37-55(45)65-58)63-52-29-15-11-25-48(52)61(40-20-5-2-6-21-40)49-26-12-16-30-53(49)63/h1-6,9-16,18-21,23-37H,7-8,17,22H2. The Kier molecular flexibility index (Phi) is 7.93. The summed E-state index contributed by atoms with van der Waals surface area (Å²) in [6.45, 7) is -0.0631. The van der Waals surface area contributed by atoms with Crippen LogP contribution in [0.2, 0.25) is 0 Å². The highest BCUT2D eigenvalue weighted by Gasteiger charge is 2.43. The number of ether oxygens (including phenoxy) is 2. The van der Waals surface area contributed by atoms with Crippen LogP contribution in [0.15, 0.2) is 200 Å². The molecule has 6 nitrogen and oxygen atoms in total. The molecule has 0 spiro atoms. The second kappa shape index (κ2) is 14.2. The highest BCUT2D eigenvalue weighted by Crippen LogP contribution is 2.56. The van der Waals surface area contributed by atoms with Crippen molar-refractivity contribution in [1.82, 2.24) is 0 Å². The number of para-hydroxylation sites is 10. The van der Waals surface area contributed by atoms with E-state index < -0.39 is 0 Å². The monoisotopic (exact) mass is 836 g/mol. The van der Waals surface area contributed by atoms with Crippen LogP contribution in [0.25, 0.3) is 0 Å². The lowest BCUT2D eigenvalue weighted by molar-refractivity contribution is 0.455. The molecule has 0 fully saturated rings. The number of anilines is 12. The number of rotatable bonds is 4. The van der Waals surface area contributed by atoms with Gasteiger partial charge in [-0.3, -0.25) is 0 Å². The predicted octanol–water partition coefficient (Wildman–Crippen LogP) is 13.8. The van der Waals surface area contributed by atoms with Gasteiger partial charge < -0.3 is 29.1 Å². The molecule has 1 aliphatic carbocycles. The van der Waals surface area contributed by atoms with E-state index in [1.165, 1.54) is 11.1 Å². The van der Waals surface area contributed by atoms with Gasteiger partial charge in [0.25, 0.3) is 6.71 Å². The van der Waals surface area contributed by atoms with E-state index in [1.807, 2.05) is 0 Å². The second-order valence-corrected chi connectivity index (χ2v) is 17.5. The molecule has 0 bridgehead atoms. The fourth-order valence-electron chi connectivity index (χ4n) is 11.2. The summed E-state index contributed by atoms with van der Waals surface area (Å²) < 4.78 is 14.4. The zero-order valence-electron chi connectivity index (χ0n) is 35.6. The SMILES string of the molecule is c1ccc(N2c3ccccc3N(c3ccc4c(c3)Oc3cc5c(c6c3B4c3ccc(N4c7ccccc7N(c7ccccc7)c7ccccc74)cc3O6)CCCC5)c3ccccc32)cc1. The number of fused-ring (bicyclic) bond motifs is 10. The van der Waals surface area contributed by atoms with Crippen molar-refractivity contribution >= 4 is 91.3 Å². The molecular formula is C58H41BN4O2. The number of benzene rings is 9. The molecule has 308 valence electrons. The van der Waals surface area contributed by atoms with E-state index >= 15 is 0 Å². The van der Waals surface area contributed by atoms with Gasteiger partial charge in [0.15, 0.2) is 0 Å². The van der Waals surface area contributed by atoms with Gasteiger partial charge in [-0.2, -0.15) is 0 Å². The molecule has 9 aromatic carbocycles. The zero-order valence-corrected chi connectivity index (χ0v) is 35.6. The summed E-state index contributed by atoms with van der Waals surface area (Å²) in [6, 6.07) is 72.1. The number of hydrogen-bond donors (Lipinski definition) is 0. The van der Waals surface area contributed by atoms with Crippen molar-refractivity contribution in [1.29, 1.82) is 0 Å². The Hall–Kier alpha value is -8.16. The Bertz CT molecular complexity index is 3290. The Labute approximate surface area is 378 Å². The Morgan fingerprint density at radius 1 is 0.338 bits per heavy atom. The maximum Gasteiger partial charge on any atom is 0.260 e. The average molecular weight is 837 g/mol. The van der Waals surface area contributed by atoms with Crippen molar-refractivity contribution in [2.45, 2.75) is 25.7 Å². The van der Waals surface area contributed by atoms with Crippen LogP contribution in [-0.2, 0) is 12.8 Å². The van der Waals surface area contributed by atoms with Crippen LogP contribution in [0.1, 0.15) is 24.0 Å². The van der Waals surface area contributed by atoms with Crippen molar-refractivity contribution in [3.05, 3.63) is 211 Å². The molecule has 0 amide bonds.